The van der Waals surface area contributed by atoms with Crippen molar-refractivity contribution in [2.45, 2.75) is 19.8 Å². The zero-order chi connectivity index (χ0) is 20.7. The van der Waals surface area contributed by atoms with Crippen LogP contribution < -0.4 is 19.5 Å². The lowest BCUT2D eigenvalue weighted by Crippen LogP contribution is -2.13. The maximum atomic E-state index is 12.5. The van der Waals surface area contributed by atoms with Crippen LogP contribution in [0.5, 0.6) is 17.2 Å². The summed E-state index contributed by atoms with van der Waals surface area (Å²) in [5, 5.41) is 12.2. The van der Waals surface area contributed by atoms with Gasteiger partial charge < -0.3 is 19.5 Å². The van der Waals surface area contributed by atoms with Crippen molar-refractivity contribution >= 4 is 17.7 Å². The highest BCUT2D eigenvalue weighted by molar-refractivity contribution is 6.09. The zero-order valence-corrected chi connectivity index (χ0v) is 16.7. The van der Waals surface area contributed by atoms with Gasteiger partial charge in [0.1, 0.15) is 11.6 Å². The Morgan fingerprint density at radius 2 is 1.61 bits per heavy atom. The van der Waals surface area contributed by atoms with E-state index in [-0.39, 0.29) is 5.57 Å². The van der Waals surface area contributed by atoms with E-state index in [1.165, 1.54) is 33.0 Å². The maximum Gasteiger partial charge on any atom is 0.266 e. The number of nitrogens with zero attached hydrogens (tertiary/aromatic N) is 1. The van der Waals surface area contributed by atoms with E-state index in [9.17, 15) is 10.1 Å². The molecule has 0 atom stereocenters. The van der Waals surface area contributed by atoms with Crippen LogP contribution in [0.25, 0.3) is 6.08 Å². The fourth-order valence-electron chi connectivity index (χ4n) is 2.65. The van der Waals surface area contributed by atoms with E-state index >= 15 is 0 Å². The summed E-state index contributed by atoms with van der Waals surface area (Å²) < 4.78 is 15.9. The smallest absolute Gasteiger partial charge is 0.266 e. The lowest BCUT2D eigenvalue weighted by Gasteiger charge is -2.13. The van der Waals surface area contributed by atoms with E-state index in [0.717, 1.165) is 0 Å². The number of amides is 1. The van der Waals surface area contributed by atoms with Gasteiger partial charge in [-0.1, -0.05) is 26.0 Å². The lowest BCUT2D eigenvalue weighted by molar-refractivity contribution is -0.112. The first-order valence-corrected chi connectivity index (χ1v) is 8.76. The molecule has 0 unspecified atom stereocenters. The molecule has 0 radical (unpaired) electrons. The van der Waals surface area contributed by atoms with Gasteiger partial charge in [0.25, 0.3) is 5.91 Å². The van der Waals surface area contributed by atoms with Crippen molar-refractivity contribution in [3.63, 3.8) is 0 Å². The molecule has 6 nitrogen and oxygen atoms in total. The van der Waals surface area contributed by atoms with E-state index in [2.05, 4.69) is 19.2 Å². The van der Waals surface area contributed by atoms with Gasteiger partial charge in [0.15, 0.2) is 11.5 Å². The summed E-state index contributed by atoms with van der Waals surface area (Å²) in [6.45, 7) is 4.20. The molecule has 2 aromatic rings. The van der Waals surface area contributed by atoms with Gasteiger partial charge in [0.05, 0.1) is 21.3 Å². The first-order chi connectivity index (χ1) is 13.4. The topological polar surface area (TPSA) is 80.6 Å². The molecule has 0 aliphatic heterocycles. The van der Waals surface area contributed by atoms with Crippen molar-refractivity contribution in [2.75, 3.05) is 26.6 Å². The minimum atomic E-state index is -0.492. The maximum absolute atomic E-state index is 12.5. The summed E-state index contributed by atoms with van der Waals surface area (Å²) in [5.41, 5.74) is 2.34. The molecule has 1 amide bonds. The van der Waals surface area contributed by atoms with Crippen LogP contribution in [0.3, 0.4) is 0 Å². The molecule has 0 saturated carbocycles. The number of methoxy groups -OCH3 is 3. The SMILES string of the molecule is COc1cc(/C=C(\C#N)C(=O)Nc2ccc(C(C)C)cc2)cc(OC)c1OC. The average molecular weight is 380 g/mol. The summed E-state index contributed by atoms with van der Waals surface area (Å²) in [6, 6.07) is 12.8. The predicted molar refractivity (Wildman–Crippen MR) is 109 cm³/mol. The van der Waals surface area contributed by atoms with E-state index in [1.807, 2.05) is 30.3 Å². The second-order valence-corrected chi connectivity index (χ2v) is 6.36. The van der Waals surface area contributed by atoms with Crippen LogP contribution in [0.1, 0.15) is 30.9 Å². The van der Waals surface area contributed by atoms with Gasteiger partial charge in [-0.25, -0.2) is 0 Å². The van der Waals surface area contributed by atoms with Crippen LogP contribution in [0.4, 0.5) is 5.69 Å². The fraction of sp³-hybridized carbons (Fsp3) is 0.273. The van der Waals surface area contributed by atoms with Gasteiger partial charge in [0.2, 0.25) is 5.75 Å². The monoisotopic (exact) mass is 380 g/mol. The number of hydrogen-bond acceptors (Lipinski definition) is 5. The van der Waals surface area contributed by atoms with Gasteiger partial charge in [-0.05, 0) is 47.4 Å². The third-order valence-electron chi connectivity index (χ3n) is 4.20. The second kappa shape index (κ2) is 9.47. The number of carbonyl (C=O) groups excluding carboxylic acids is 1. The Balaban J connectivity index is 2.30. The van der Waals surface area contributed by atoms with Gasteiger partial charge in [0, 0.05) is 5.69 Å². The molecule has 0 aromatic heterocycles. The Bertz CT molecular complexity index is 884. The van der Waals surface area contributed by atoms with Gasteiger partial charge >= 0.3 is 0 Å². The van der Waals surface area contributed by atoms with Crippen LogP contribution in [-0.2, 0) is 4.79 Å². The number of benzene rings is 2. The molecule has 1 N–H and O–H groups in total. The van der Waals surface area contributed by atoms with Crippen LogP contribution in [-0.4, -0.2) is 27.2 Å². The third kappa shape index (κ3) is 4.83. The van der Waals surface area contributed by atoms with E-state index in [4.69, 9.17) is 14.2 Å². The quantitative estimate of drug-likeness (QED) is 0.569. The van der Waals surface area contributed by atoms with Crippen molar-refractivity contribution in [3.05, 3.63) is 53.1 Å². The molecular weight excluding hydrogens is 356 g/mol. The number of nitrogens with one attached hydrogen (secondary N) is 1. The van der Waals surface area contributed by atoms with E-state index in [1.54, 1.807) is 12.1 Å². The average Bonchev–Trinajstić information content (AvgIpc) is 2.71. The molecule has 0 aliphatic rings. The highest BCUT2D eigenvalue weighted by Crippen LogP contribution is 2.38. The molecule has 0 fully saturated rings. The normalized spacial score (nSPS) is 11.0. The number of anilines is 1. The van der Waals surface area contributed by atoms with Crippen molar-refractivity contribution in [1.29, 1.82) is 5.26 Å². The minimum Gasteiger partial charge on any atom is -0.493 e. The number of rotatable bonds is 7. The summed E-state index contributed by atoms with van der Waals surface area (Å²) in [7, 11) is 4.52. The molecule has 0 heterocycles. The molecule has 6 heteroatoms. The third-order valence-corrected chi connectivity index (χ3v) is 4.20. The molecule has 28 heavy (non-hydrogen) atoms. The van der Waals surface area contributed by atoms with Gasteiger partial charge in [-0.15, -0.1) is 0 Å². The summed E-state index contributed by atoms with van der Waals surface area (Å²) in [6.07, 6.45) is 1.47. The first-order valence-electron chi connectivity index (χ1n) is 8.76. The standard InChI is InChI=1S/C22H24N2O4/c1-14(2)16-6-8-18(9-7-16)24-22(25)17(13-23)10-15-11-19(26-3)21(28-5)20(12-15)27-4/h6-12,14H,1-5H3,(H,24,25)/b17-10+. The lowest BCUT2D eigenvalue weighted by atomic mass is 10.0. The van der Waals surface area contributed by atoms with Crippen LogP contribution >= 0.6 is 0 Å². The highest BCUT2D eigenvalue weighted by Gasteiger charge is 2.15. The summed E-state index contributed by atoms with van der Waals surface area (Å²) in [4.78, 5) is 12.5. The van der Waals surface area contributed by atoms with E-state index < -0.39 is 5.91 Å². The Morgan fingerprint density at radius 1 is 1.04 bits per heavy atom. The first kappa shape index (κ1) is 20.8. The molecular formula is C22H24N2O4. The van der Waals surface area contributed by atoms with Crippen molar-refractivity contribution in [2.24, 2.45) is 0 Å². The number of ether oxygens (including phenoxy) is 3. The molecule has 0 aliphatic carbocycles. The Hall–Kier alpha value is -3.46. The molecule has 0 spiro atoms. The Kier molecular flexibility index (Phi) is 7.05. The fourth-order valence-corrected chi connectivity index (χ4v) is 2.65. The second-order valence-electron chi connectivity index (χ2n) is 6.36. The molecule has 2 aromatic carbocycles. The van der Waals surface area contributed by atoms with Crippen LogP contribution in [0.2, 0.25) is 0 Å². The van der Waals surface area contributed by atoms with Crippen LogP contribution in [0.15, 0.2) is 42.0 Å². The predicted octanol–water partition coefficient (Wildman–Crippen LogP) is 4.38. The summed E-state index contributed by atoms with van der Waals surface area (Å²) >= 11 is 0. The molecule has 0 saturated heterocycles. The molecule has 2 rings (SSSR count). The number of carbonyl (C=O) groups is 1. The van der Waals surface area contributed by atoms with E-state index in [0.29, 0.717) is 34.4 Å². The number of nitriles is 1. The molecule has 0 bridgehead atoms. The van der Waals surface area contributed by atoms with Crippen LogP contribution in [0, 0.1) is 11.3 Å². The summed E-state index contributed by atoms with van der Waals surface area (Å²) in [5.74, 6) is 1.23. The highest BCUT2D eigenvalue weighted by atomic mass is 16.5. The minimum absolute atomic E-state index is 0.0396. The molecule has 146 valence electrons. The largest absolute Gasteiger partial charge is 0.493 e. The number of hydrogen-bond donors (Lipinski definition) is 1. The van der Waals surface area contributed by atoms with Crippen molar-refractivity contribution in [3.8, 4) is 23.3 Å². The van der Waals surface area contributed by atoms with Crippen molar-refractivity contribution in [1.82, 2.24) is 0 Å². The van der Waals surface area contributed by atoms with Gasteiger partial charge in [-0.3, -0.25) is 4.79 Å². The van der Waals surface area contributed by atoms with Crippen molar-refractivity contribution < 1.29 is 19.0 Å². The zero-order valence-electron chi connectivity index (χ0n) is 16.7. The van der Waals surface area contributed by atoms with Gasteiger partial charge in [-0.2, -0.15) is 5.26 Å². The Labute approximate surface area is 165 Å². The Morgan fingerprint density at radius 3 is 2.04 bits per heavy atom.